The number of nitrogens with two attached hydrogens (primary N) is 1. The van der Waals surface area contributed by atoms with Gasteiger partial charge in [0, 0.05) is 35.6 Å². The number of rotatable bonds is 10. The van der Waals surface area contributed by atoms with E-state index in [1.54, 1.807) is 0 Å². The second-order valence-corrected chi connectivity index (χ2v) is 10.00. The molecule has 0 radical (unpaired) electrons. The van der Waals surface area contributed by atoms with E-state index < -0.39 is 29.6 Å². The van der Waals surface area contributed by atoms with Gasteiger partial charge < -0.3 is 16.0 Å². The number of nitrogens with one attached hydrogen (secondary N) is 2. The summed E-state index contributed by atoms with van der Waals surface area (Å²) in [5, 5.41) is 3.05. The summed E-state index contributed by atoms with van der Waals surface area (Å²) in [5.41, 5.74) is 6.32. The van der Waals surface area contributed by atoms with Gasteiger partial charge in [0.2, 0.25) is 11.8 Å². The van der Waals surface area contributed by atoms with Crippen LogP contribution >= 0.6 is 11.6 Å². The smallest absolute Gasteiger partial charge is 0.240 e. The summed E-state index contributed by atoms with van der Waals surface area (Å²) in [6.45, 7) is 0. The number of carbonyl (C=O) groups is 4. The van der Waals surface area contributed by atoms with E-state index >= 15 is 0 Å². The molecular weight excluding hydrogens is 461 g/mol. The highest BCUT2D eigenvalue weighted by molar-refractivity contribution is 6.35. The molecule has 0 bridgehead atoms. The van der Waals surface area contributed by atoms with Gasteiger partial charge in [0.05, 0.1) is 10.7 Å². The molecule has 0 saturated heterocycles. The number of Topliss-reactive ketones (excluding diaryl/α,β-unsaturated/α-hetero) is 2. The van der Waals surface area contributed by atoms with Crippen molar-refractivity contribution in [2.24, 2.45) is 23.5 Å². The maximum absolute atomic E-state index is 13.8. The largest absolute Gasteiger partial charge is 0.368 e. The number of fused-ring (bicyclic) bond motifs is 1. The van der Waals surface area contributed by atoms with Gasteiger partial charge in [-0.2, -0.15) is 0 Å². The van der Waals surface area contributed by atoms with Gasteiger partial charge in [-0.1, -0.05) is 30.9 Å². The number of halogens is 2. The number of hydrogen-bond donors (Lipinski definition) is 3. The number of aromatic nitrogens is 1. The van der Waals surface area contributed by atoms with Gasteiger partial charge >= 0.3 is 0 Å². The number of primary amides is 1. The van der Waals surface area contributed by atoms with E-state index in [0.717, 1.165) is 25.7 Å². The molecule has 2 fully saturated rings. The Morgan fingerprint density at radius 2 is 1.94 bits per heavy atom. The molecule has 7 nitrogen and oxygen atoms in total. The Labute approximate surface area is 202 Å². The Hall–Kier alpha value is -2.74. The Balaban J connectivity index is 1.46. The standard InChI is InChI=1S/C25H29ClFN3O4/c26-23-16-12-19(29-18(16)8-7-17(23)27)22(32)11-15(9-13-5-6-13)25(34)30-20(24(28)33)10-14-3-1-2-4-21(14)31/h7-8,12-15,20,29H,1-6,9-11H2,(H2,28,33)(H,30,34)/t14-,15+,20-/m0/s1. The van der Waals surface area contributed by atoms with Gasteiger partial charge in [0.15, 0.2) is 5.78 Å². The zero-order valence-corrected chi connectivity index (χ0v) is 19.6. The van der Waals surface area contributed by atoms with Crippen LogP contribution < -0.4 is 11.1 Å². The maximum Gasteiger partial charge on any atom is 0.240 e. The second kappa shape index (κ2) is 10.3. The normalized spacial score (nSPS) is 20.2. The van der Waals surface area contributed by atoms with E-state index in [1.165, 1.54) is 18.2 Å². The molecule has 9 heteroatoms. The number of carbonyl (C=O) groups excluding carboxylic acids is 4. The molecule has 2 aromatic rings. The SMILES string of the molecule is NC(=O)[C@H](C[C@@H]1CCCCC1=O)NC(=O)[C@@H](CC(=O)c1cc2c(Cl)c(F)ccc2[nH]1)CC1CC1. The van der Waals surface area contributed by atoms with Crippen molar-refractivity contribution in [3.8, 4) is 0 Å². The number of hydrogen-bond acceptors (Lipinski definition) is 4. The van der Waals surface area contributed by atoms with Crippen LogP contribution in [0.25, 0.3) is 10.9 Å². The minimum atomic E-state index is -0.953. The first-order valence-electron chi connectivity index (χ1n) is 11.8. The van der Waals surface area contributed by atoms with E-state index in [1.807, 2.05) is 0 Å². The van der Waals surface area contributed by atoms with Crippen LogP contribution in [0.5, 0.6) is 0 Å². The molecule has 1 heterocycles. The topological polar surface area (TPSA) is 122 Å². The first-order chi connectivity index (χ1) is 16.2. The van der Waals surface area contributed by atoms with E-state index in [0.29, 0.717) is 36.1 Å². The molecule has 4 rings (SSSR count). The van der Waals surface area contributed by atoms with Crippen molar-refractivity contribution in [1.29, 1.82) is 0 Å². The van der Waals surface area contributed by atoms with E-state index in [2.05, 4.69) is 10.3 Å². The molecule has 0 spiro atoms. The van der Waals surface area contributed by atoms with Crippen LogP contribution in [0.4, 0.5) is 4.39 Å². The van der Waals surface area contributed by atoms with Gasteiger partial charge in [0.25, 0.3) is 0 Å². The van der Waals surface area contributed by atoms with Crippen LogP contribution in [0, 0.1) is 23.6 Å². The van der Waals surface area contributed by atoms with Crippen molar-refractivity contribution in [2.45, 2.75) is 63.8 Å². The molecule has 2 amide bonds. The second-order valence-electron chi connectivity index (χ2n) is 9.62. The Morgan fingerprint density at radius 1 is 1.18 bits per heavy atom. The average Bonchev–Trinajstić information content (AvgIpc) is 3.51. The predicted molar refractivity (Wildman–Crippen MR) is 126 cm³/mol. The number of H-pyrrole nitrogens is 1. The summed E-state index contributed by atoms with van der Waals surface area (Å²) < 4.78 is 13.8. The third-order valence-corrected chi connectivity index (χ3v) is 7.35. The van der Waals surface area contributed by atoms with Crippen molar-refractivity contribution in [3.63, 3.8) is 0 Å². The number of benzene rings is 1. The molecule has 0 aliphatic heterocycles. The monoisotopic (exact) mass is 489 g/mol. The third kappa shape index (κ3) is 5.66. The minimum absolute atomic E-state index is 0.0664. The summed E-state index contributed by atoms with van der Waals surface area (Å²) in [6, 6.07) is 3.27. The molecule has 4 N–H and O–H groups in total. The Bertz CT molecular complexity index is 1130. The molecular formula is C25H29ClFN3O4. The predicted octanol–water partition coefficient (Wildman–Crippen LogP) is 4.07. The van der Waals surface area contributed by atoms with Crippen LogP contribution in [0.3, 0.4) is 0 Å². The molecule has 3 atom stereocenters. The van der Waals surface area contributed by atoms with Gasteiger partial charge in [-0.15, -0.1) is 0 Å². The third-order valence-electron chi connectivity index (χ3n) is 6.97. The van der Waals surface area contributed by atoms with Gasteiger partial charge in [0.1, 0.15) is 17.6 Å². The summed E-state index contributed by atoms with van der Waals surface area (Å²) in [6.07, 6.45) is 5.57. The molecule has 1 aromatic heterocycles. The van der Waals surface area contributed by atoms with Crippen molar-refractivity contribution in [3.05, 3.63) is 34.7 Å². The fourth-order valence-corrected chi connectivity index (χ4v) is 5.01. The number of ketones is 2. The average molecular weight is 490 g/mol. The minimum Gasteiger partial charge on any atom is -0.368 e. The number of amides is 2. The van der Waals surface area contributed by atoms with Crippen LogP contribution in [-0.4, -0.2) is 34.4 Å². The Morgan fingerprint density at radius 3 is 2.62 bits per heavy atom. The highest BCUT2D eigenvalue weighted by Gasteiger charge is 2.34. The van der Waals surface area contributed by atoms with E-state index in [9.17, 15) is 23.6 Å². The van der Waals surface area contributed by atoms with Crippen molar-refractivity contribution in [1.82, 2.24) is 10.3 Å². The fourth-order valence-electron chi connectivity index (χ4n) is 4.79. The molecule has 2 saturated carbocycles. The summed E-state index contributed by atoms with van der Waals surface area (Å²) >= 11 is 6.02. The van der Waals surface area contributed by atoms with E-state index in [4.69, 9.17) is 17.3 Å². The maximum atomic E-state index is 13.8. The lowest BCUT2D eigenvalue weighted by Crippen LogP contribution is -2.48. The quantitative estimate of drug-likeness (QED) is 0.435. The summed E-state index contributed by atoms with van der Waals surface area (Å²) in [7, 11) is 0. The van der Waals surface area contributed by atoms with Gasteiger partial charge in [-0.25, -0.2) is 4.39 Å². The molecule has 34 heavy (non-hydrogen) atoms. The zero-order chi connectivity index (χ0) is 24.4. The van der Waals surface area contributed by atoms with Crippen LogP contribution in [0.2, 0.25) is 5.02 Å². The van der Waals surface area contributed by atoms with Crippen molar-refractivity contribution < 1.29 is 23.6 Å². The summed E-state index contributed by atoms with van der Waals surface area (Å²) in [5.74, 6) is -2.43. The molecule has 0 unspecified atom stereocenters. The lowest BCUT2D eigenvalue weighted by Gasteiger charge is -2.26. The zero-order valence-electron chi connectivity index (χ0n) is 18.9. The lowest BCUT2D eigenvalue weighted by molar-refractivity contribution is -0.132. The fraction of sp³-hybridized carbons (Fsp3) is 0.520. The van der Waals surface area contributed by atoms with Crippen molar-refractivity contribution >= 4 is 45.9 Å². The van der Waals surface area contributed by atoms with Crippen molar-refractivity contribution in [2.75, 3.05) is 0 Å². The van der Waals surface area contributed by atoms with E-state index in [-0.39, 0.29) is 41.0 Å². The highest BCUT2D eigenvalue weighted by atomic mass is 35.5. The van der Waals surface area contributed by atoms with Crippen LogP contribution in [0.1, 0.15) is 68.3 Å². The first-order valence-corrected chi connectivity index (χ1v) is 12.2. The van der Waals surface area contributed by atoms with Gasteiger partial charge in [-0.3, -0.25) is 19.2 Å². The molecule has 1 aromatic carbocycles. The van der Waals surface area contributed by atoms with Crippen LogP contribution in [0.15, 0.2) is 18.2 Å². The Kier molecular flexibility index (Phi) is 7.36. The first kappa shape index (κ1) is 24.4. The highest BCUT2D eigenvalue weighted by Crippen LogP contribution is 2.37. The van der Waals surface area contributed by atoms with Gasteiger partial charge in [-0.05, 0) is 49.8 Å². The van der Waals surface area contributed by atoms with Crippen LogP contribution in [-0.2, 0) is 14.4 Å². The molecule has 182 valence electrons. The molecule has 2 aliphatic carbocycles. The lowest BCUT2D eigenvalue weighted by atomic mass is 9.83. The summed E-state index contributed by atoms with van der Waals surface area (Å²) in [4.78, 5) is 53.4. The number of aromatic amines is 1. The molecule has 2 aliphatic rings.